The Balaban J connectivity index is 2.88. The molecule has 0 amide bonds. The average Bonchev–Trinajstić information content (AvgIpc) is 2.14. The van der Waals surface area contributed by atoms with Gasteiger partial charge >= 0.3 is 101 Å². The minimum absolute atomic E-state index is 0.245. The summed E-state index contributed by atoms with van der Waals surface area (Å²) >= 11 is -0.633. The van der Waals surface area contributed by atoms with Gasteiger partial charge in [0, 0.05) is 0 Å². The first-order valence-corrected chi connectivity index (χ1v) is 7.74. The van der Waals surface area contributed by atoms with Gasteiger partial charge in [0.1, 0.15) is 0 Å². The number of hydrogen-bond donors (Lipinski definition) is 0. The Morgan fingerprint density at radius 1 is 1.33 bits per heavy atom. The van der Waals surface area contributed by atoms with Gasteiger partial charge in [0.05, 0.1) is 0 Å². The van der Waals surface area contributed by atoms with Gasteiger partial charge in [-0.25, -0.2) is 0 Å². The molecular formula is C12H16O2Sn. The van der Waals surface area contributed by atoms with Crippen molar-refractivity contribution in [2.75, 3.05) is 7.11 Å². The van der Waals surface area contributed by atoms with Crippen molar-refractivity contribution >= 4 is 30.7 Å². The van der Waals surface area contributed by atoms with E-state index >= 15 is 0 Å². The second-order valence-corrected chi connectivity index (χ2v) is 11.1. The molecule has 0 unspecified atom stereocenters. The molecule has 0 N–H and O–H groups in total. The van der Waals surface area contributed by atoms with Crippen LogP contribution in [0.2, 0.25) is 3.43 Å². The van der Waals surface area contributed by atoms with Crippen LogP contribution in [0.5, 0.6) is 0 Å². The van der Waals surface area contributed by atoms with Crippen LogP contribution < -0.4 is 3.58 Å². The summed E-state index contributed by atoms with van der Waals surface area (Å²) in [5.74, 6) is -0.245. The molecule has 1 rings (SSSR count). The molecule has 3 heteroatoms. The van der Waals surface area contributed by atoms with E-state index in [1.807, 2.05) is 12.1 Å². The minimum atomic E-state index is -0.633. The SMILES string of the molecule is COC(=O)c1ccc[c]([Sn][C](C)(C)C)c1. The second-order valence-electron chi connectivity index (χ2n) is 4.45. The molecular weight excluding hydrogens is 295 g/mol. The van der Waals surface area contributed by atoms with E-state index in [4.69, 9.17) is 4.74 Å². The van der Waals surface area contributed by atoms with Crippen LogP contribution >= 0.6 is 0 Å². The van der Waals surface area contributed by atoms with E-state index in [2.05, 4.69) is 26.8 Å². The van der Waals surface area contributed by atoms with Crippen molar-refractivity contribution in [2.45, 2.75) is 24.2 Å². The maximum atomic E-state index is 11.3. The van der Waals surface area contributed by atoms with Gasteiger partial charge in [-0.05, 0) is 0 Å². The standard InChI is InChI=1S/C8H7O2.C4H9.Sn/c1-10-8(9)7-5-3-2-4-6-7;1-4(2)3;/h2-3,5-6H,1H3;1-3H3;. The second kappa shape index (κ2) is 5.01. The molecule has 2 nitrogen and oxygen atoms in total. The van der Waals surface area contributed by atoms with Gasteiger partial charge in [-0.2, -0.15) is 0 Å². The Kier molecular flexibility index (Phi) is 4.20. The number of rotatable bonds is 2. The quantitative estimate of drug-likeness (QED) is 0.617. The molecule has 0 aliphatic rings. The Morgan fingerprint density at radius 2 is 2.00 bits per heavy atom. The van der Waals surface area contributed by atoms with Crippen molar-refractivity contribution in [3.8, 4) is 0 Å². The monoisotopic (exact) mass is 312 g/mol. The molecule has 0 saturated carbocycles. The van der Waals surface area contributed by atoms with Crippen molar-refractivity contribution in [2.24, 2.45) is 0 Å². The van der Waals surface area contributed by atoms with Crippen LogP contribution in [-0.2, 0) is 4.74 Å². The molecule has 0 bridgehead atoms. The predicted molar refractivity (Wildman–Crippen MR) is 62.9 cm³/mol. The Morgan fingerprint density at radius 3 is 2.53 bits per heavy atom. The predicted octanol–water partition coefficient (Wildman–Crippen LogP) is 2.02. The van der Waals surface area contributed by atoms with Crippen molar-refractivity contribution < 1.29 is 9.53 Å². The van der Waals surface area contributed by atoms with Crippen LogP contribution in [0, 0.1) is 0 Å². The van der Waals surface area contributed by atoms with Crippen LogP contribution in [0.4, 0.5) is 0 Å². The van der Waals surface area contributed by atoms with E-state index in [-0.39, 0.29) is 5.97 Å². The maximum absolute atomic E-state index is 11.3. The molecule has 0 fully saturated rings. The summed E-state index contributed by atoms with van der Waals surface area (Å²) in [6.45, 7) is 6.76. The first kappa shape index (κ1) is 12.6. The van der Waals surface area contributed by atoms with Crippen molar-refractivity contribution in [1.82, 2.24) is 0 Å². The van der Waals surface area contributed by atoms with Gasteiger partial charge < -0.3 is 0 Å². The molecule has 0 heterocycles. The number of esters is 1. The summed E-state index contributed by atoms with van der Waals surface area (Å²) in [6.07, 6.45) is 0. The fraction of sp³-hybridized carbons (Fsp3) is 0.417. The van der Waals surface area contributed by atoms with Gasteiger partial charge in [-0.1, -0.05) is 0 Å². The average molecular weight is 311 g/mol. The summed E-state index contributed by atoms with van der Waals surface area (Å²) in [7, 11) is 1.42. The summed E-state index contributed by atoms with van der Waals surface area (Å²) < 4.78 is 6.44. The Hall–Kier alpha value is -0.511. The molecule has 0 aromatic heterocycles. The number of methoxy groups -OCH3 is 1. The fourth-order valence-corrected chi connectivity index (χ4v) is 4.91. The molecule has 1 aromatic carbocycles. The van der Waals surface area contributed by atoms with Gasteiger partial charge in [0.25, 0.3) is 0 Å². The third-order valence-corrected chi connectivity index (χ3v) is 5.66. The van der Waals surface area contributed by atoms with E-state index < -0.39 is 21.1 Å². The van der Waals surface area contributed by atoms with E-state index in [0.717, 1.165) is 0 Å². The number of carbonyl (C=O) groups is 1. The molecule has 0 aliphatic carbocycles. The van der Waals surface area contributed by atoms with E-state index in [1.54, 1.807) is 6.07 Å². The molecule has 0 aliphatic heterocycles. The summed E-state index contributed by atoms with van der Waals surface area (Å²) in [4.78, 5) is 11.3. The van der Waals surface area contributed by atoms with Crippen LogP contribution in [0.15, 0.2) is 24.3 Å². The van der Waals surface area contributed by atoms with E-state index in [1.165, 1.54) is 10.7 Å². The zero-order valence-corrected chi connectivity index (χ0v) is 12.5. The molecule has 1 aromatic rings. The van der Waals surface area contributed by atoms with Gasteiger partial charge in [-0.3, -0.25) is 0 Å². The zero-order chi connectivity index (χ0) is 11.5. The molecule has 80 valence electrons. The van der Waals surface area contributed by atoms with Gasteiger partial charge in [0.15, 0.2) is 0 Å². The van der Waals surface area contributed by atoms with Crippen molar-refractivity contribution in [1.29, 1.82) is 0 Å². The fourth-order valence-electron chi connectivity index (χ4n) is 1.27. The third kappa shape index (κ3) is 4.24. The van der Waals surface area contributed by atoms with E-state index in [0.29, 0.717) is 8.99 Å². The number of benzene rings is 1. The van der Waals surface area contributed by atoms with Gasteiger partial charge in [0.2, 0.25) is 0 Å². The number of hydrogen-bond acceptors (Lipinski definition) is 2. The molecule has 15 heavy (non-hydrogen) atoms. The molecule has 2 radical (unpaired) electrons. The molecule has 0 spiro atoms. The zero-order valence-electron chi connectivity index (χ0n) is 9.63. The Bertz CT molecular complexity index is 353. The summed E-state index contributed by atoms with van der Waals surface area (Å²) in [5.41, 5.74) is 0.667. The molecule has 0 saturated heterocycles. The van der Waals surface area contributed by atoms with Crippen molar-refractivity contribution in [3.05, 3.63) is 29.8 Å². The van der Waals surface area contributed by atoms with Gasteiger partial charge in [-0.15, -0.1) is 0 Å². The van der Waals surface area contributed by atoms with Crippen LogP contribution in [0.3, 0.4) is 0 Å². The van der Waals surface area contributed by atoms with Crippen molar-refractivity contribution in [3.63, 3.8) is 0 Å². The number of ether oxygens (including phenoxy) is 1. The number of carbonyl (C=O) groups excluding carboxylic acids is 1. The van der Waals surface area contributed by atoms with Crippen LogP contribution in [0.25, 0.3) is 0 Å². The molecule has 0 atom stereocenters. The summed E-state index contributed by atoms with van der Waals surface area (Å²) in [5, 5.41) is 0. The van der Waals surface area contributed by atoms with Crippen LogP contribution in [-0.4, -0.2) is 34.2 Å². The first-order chi connectivity index (χ1) is 6.92. The Labute approximate surface area is 101 Å². The van der Waals surface area contributed by atoms with Crippen LogP contribution in [0.1, 0.15) is 31.1 Å². The first-order valence-electron chi connectivity index (χ1n) is 4.89. The topological polar surface area (TPSA) is 26.3 Å². The summed E-state index contributed by atoms with van der Waals surface area (Å²) in [6, 6.07) is 7.83. The van der Waals surface area contributed by atoms with E-state index in [9.17, 15) is 4.79 Å². The normalized spacial score (nSPS) is 11.2. The third-order valence-electron chi connectivity index (χ3n) is 1.80.